The van der Waals surface area contributed by atoms with Crippen LogP contribution in [0.3, 0.4) is 0 Å². The van der Waals surface area contributed by atoms with Crippen LogP contribution in [0.4, 0.5) is 0 Å². The van der Waals surface area contributed by atoms with E-state index in [0.717, 1.165) is 30.4 Å². The minimum absolute atomic E-state index is 0.0910. The molecule has 2 atom stereocenters. The van der Waals surface area contributed by atoms with Crippen molar-refractivity contribution in [2.45, 2.75) is 31.9 Å². The molecule has 2 nitrogen and oxygen atoms in total. The second-order valence-electron chi connectivity index (χ2n) is 4.48. The Kier molecular flexibility index (Phi) is 4.38. The monoisotopic (exact) mass is 283 g/mol. The molecular weight excluding hydrogens is 266 g/mol. The Balaban J connectivity index is 1.78. The zero-order valence-electron chi connectivity index (χ0n) is 9.32. The minimum Gasteiger partial charge on any atom is -0.393 e. The number of nitrogens with one attached hydrogen (secondary N) is 1. The van der Waals surface area contributed by atoms with Gasteiger partial charge >= 0.3 is 0 Å². The third kappa shape index (κ3) is 3.06. The number of aliphatic hydroxyl groups is 1. The molecule has 0 heterocycles. The van der Waals surface area contributed by atoms with Gasteiger partial charge in [-0.3, -0.25) is 0 Å². The van der Waals surface area contributed by atoms with Crippen LogP contribution in [0.1, 0.15) is 24.8 Å². The number of hydrogen-bond donors (Lipinski definition) is 2. The highest BCUT2D eigenvalue weighted by Crippen LogP contribution is 2.24. The standard InChI is InChI=1S/C13H18BrNO/c14-12-6-2-1-4-10(12)8-15-9-11-5-3-7-13(11)16/h1-2,4,6,11,13,15-16H,3,5,7-9H2. The van der Waals surface area contributed by atoms with Crippen molar-refractivity contribution in [2.24, 2.45) is 5.92 Å². The molecule has 1 aliphatic rings. The van der Waals surface area contributed by atoms with Crippen molar-refractivity contribution in [1.82, 2.24) is 5.32 Å². The molecule has 0 amide bonds. The first-order valence-corrected chi connectivity index (χ1v) is 6.69. The van der Waals surface area contributed by atoms with Gasteiger partial charge in [0.2, 0.25) is 0 Å². The van der Waals surface area contributed by atoms with Crippen molar-refractivity contribution >= 4 is 15.9 Å². The summed E-state index contributed by atoms with van der Waals surface area (Å²) in [5.74, 6) is 0.447. The Morgan fingerprint density at radius 3 is 2.81 bits per heavy atom. The molecule has 1 aromatic carbocycles. The van der Waals surface area contributed by atoms with Crippen molar-refractivity contribution in [2.75, 3.05) is 6.54 Å². The molecule has 1 aromatic rings. The summed E-state index contributed by atoms with van der Waals surface area (Å²) in [4.78, 5) is 0. The maximum Gasteiger partial charge on any atom is 0.0580 e. The van der Waals surface area contributed by atoms with E-state index in [0.29, 0.717) is 5.92 Å². The summed E-state index contributed by atoms with van der Waals surface area (Å²) in [6.07, 6.45) is 3.21. The molecule has 0 saturated heterocycles. The molecule has 0 aromatic heterocycles. The predicted octanol–water partition coefficient (Wildman–Crippen LogP) is 2.70. The number of hydrogen-bond acceptors (Lipinski definition) is 2. The summed E-state index contributed by atoms with van der Waals surface area (Å²) in [6.45, 7) is 1.78. The van der Waals surface area contributed by atoms with E-state index < -0.39 is 0 Å². The predicted molar refractivity (Wildman–Crippen MR) is 69.2 cm³/mol. The van der Waals surface area contributed by atoms with Crippen molar-refractivity contribution in [1.29, 1.82) is 0 Å². The summed E-state index contributed by atoms with van der Waals surface area (Å²) >= 11 is 3.53. The highest BCUT2D eigenvalue weighted by atomic mass is 79.9. The maximum atomic E-state index is 9.69. The average molecular weight is 284 g/mol. The molecule has 2 rings (SSSR count). The summed E-state index contributed by atoms with van der Waals surface area (Å²) in [6, 6.07) is 8.24. The van der Waals surface area contributed by atoms with Gasteiger partial charge in [-0.25, -0.2) is 0 Å². The first-order valence-electron chi connectivity index (χ1n) is 5.89. The first-order chi connectivity index (χ1) is 7.77. The molecule has 0 spiro atoms. The minimum atomic E-state index is -0.0910. The molecule has 0 aliphatic heterocycles. The van der Waals surface area contributed by atoms with Crippen molar-refractivity contribution < 1.29 is 5.11 Å². The zero-order valence-corrected chi connectivity index (χ0v) is 10.9. The summed E-state index contributed by atoms with van der Waals surface area (Å²) < 4.78 is 1.15. The van der Waals surface area contributed by atoms with Gasteiger partial charge in [0, 0.05) is 17.6 Å². The fourth-order valence-corrected chi connectivity index (χ4v) is 2.71. The van der Waals surface area contributed by atoms with E-state index in [9.17, 15) is 5.11 Å². The summed E-state index contributed by atoms with van der Waals surface area (Å²) in [7, 11) is 0. The lowest BCUT2D eigenvalue weighted by molar-refractivity contribution is 0.131. The van der Waals surface area contributed by atoms with E-state index in [-0.39, 0.29) is 6.10 Å². The normalized spacial score (nSPS) is 24.9. The van der Waals surface area contributed by atoms with Gasteiger partial charge in [-0.1, -0.05) is 40.5 Å². The number of halogens is 1. The van der Waals surface area contributed by atoms with Crippen molar-refractivity contribution in [3.63, 3.8) is 0 Å². The van der Waals surface area contributed by atoms with Crippen LogP contribution in [0.15, 0.2) is 28.7 Å². The molecular formula is C13H18BrNO. The van der Waals surface area contributed by atoms with E-state index in [4.69, 9.17) is 0 Å². The highest BCUT2D eigenvalue weighted by molar-refractivity contribution is 9.10. The fraction of sp³-hybridized carbons (Fsp3) is 0.538. The summed E-state index contributed by atoms with van der Waals surface area (Å²) in [5, 5.41) is 13.1. The lowest BCUT2D eigenvalue weighted by Gasteiger charge is -2.15. The van der Waals surface area contributed by atoms with Crippen LogP contribution in [0.25, 0.3) is 0 Å². The quantitative estimate of drug-likeness (QED) is 0.891. The van der Waals surface area contributed by atoms with Gasteiger partial charge in [0.15, 0.2) is 0 Å². The maximum absolute atomic E-state index is 9.69. The molecule has 2 N–H and O–H groups in total. The van der Waals surface area contributed by atoms with Crippen LogP contribution in [0.5, 0.6) is 0 Å². The molecule has 1 fully saturated rings. The van der Waals surface area contributed by atoms with E-state index in [2.05, 4.69) is 33.4 Å². The number of benzene rings is 1. The van der Waals surface area contributed by atoms with Gasteiger partial charge in [0.25, 0.3) is 0 Å². The molecule has 1 saturated carbocycles. The second kappa shape index (κ2) is 5.80. The Labute approximate surface area is 105 Å². The van der Waals surface area contributed by atoms with Gasteiger partial charge in [-0.05, 0) is 30.4 Å². The third-order valence-corrected chi connectivity index (χ3v) is 4.07. The van der Waals surface area contributed by atoms with E-state index in [1.54, 1.807) is 0 Å². The fourth-order valence-electron chi connectivity index (χ4n) is 2.29. The lowest BCUT2D eigenvalue weighted by atomic mass is 10.1. The van der Waals surface area contributed by atoms with Crippen LogP contribution < -0.4 is 5.32 Å². The molecule has 0 radical (unpaired) electrons. The summed E-state index contributed by atoms with van der Waals surface area (Å²) in [5.41, 5.74) is 1.27. The number of rotatable bonds is 4. The molecule has 0 bridgehead atoms. The van der Waals surface area contributed by atoms with E-state index >= 15 is 0 Å². The van der Waals surface area contributed by atoms with Gasteiger partial charge in [-0.2, -0.15) is 0 Å². The van der Waals surface area contributed by atoms with Gasteiger partial charge in [-0.15, -0.1) is 0 Å². The largest absolute Gasteiger partial charge is 0.393 e. The molecule has 1 aliphatic carbocycles. The molecule has 2 unspecified atom stereocenters. The van der Waals surface area contributed by atoms with Crippen LogP contribution in [0.2, 0.25) is 0 Å². The Morgan fingerprint density at radius 2 is 2.12 bits per heavy atom. The van der Waals surface area contributed by atoms with Crippen molar-refractivity contribution in [3.05, 3.63) is 34.3 Å². The van der Waals surface area contributed by atoms with Gasteiger partial charge < -0.3 is 10.4 Å². The Morgan fingerprint density at radius 1 is 1.31 bits per heavy atom. The van der Waals surface area contributed by atoms with Crippen molar-refractivity contribution in [3.8, 4) is 0 Å². The molecule has 16 heavy (non-hydrogen) atoms. The highest BCUT2D eigenvalue weighted by Gasteiger charge is 2.24. The van der Waals surface area contributed by atoms with Gasteiger partial charge in [0.1, 0.15) is 0 Å². The van der Waals surface area contributed by atoms with Crippen LogP contribution in [0, 0.1) is 5.92 Å². The smallest absolute Gasteiger partial charge is 0.0580 e. The first kappa shape index (κ1) is 12.1. The Bertz CT molecular complexity index is 342. The van der Waals surface area contributed by atoms with E-state index in [1.165, 1.54) is 12.0 Å². The second-order valence-corrected chi connectivity index (χ2v) is 5.33. The number of aliphatic hydroxyl groups excluding tert-OH is 1. The van der Waals surface area contributed by atoms with Crippen LogP contribution in [-0.4, -0.2) is 17.8 Å². The van der Waals surface area contributed by atoms with Crippen LogP contribution in [-0.2, 0) is 6.54 Å². The van der Waals surface area contributed by atoms with Crippen LogP contribution >= 0.6 is 15.9 Å². The molecule has 88 valence electrons. The van der Waals surface area contributed by atoms with Gasteiger partial charge in [0.05, 0.1) is 6.10 Å². The average Bonchev–Trinajstić information content (AvgIpc) is 2.67. The third-order valence-electron chi connectivity index (χ3n) is 3.30. The van der Waals surface area contributed by atoms with E-state index in [1.807, 2.05) is 12.1 Å². The Hall–Kier alpha value is -0.380. The molecule has 3 heteroatoms. The topological polar surface area (TPSA) is 32.3 Å². The lowest BCUT2D eigenvalue weighted by Crippen LogP contribution is -2.27. The zero-order chi connectivity index (χ0) is 11.4. The SMILES string of the molecule is OC1CCCC1CNCc1ccccc1Br.